The molecule has 3 amide bonds. The molecule has 2 aromatic carbocycles. The molecule has 13 heteroatoms. The number of thiazole rings is 1. The van der Waals surface area contributed by atoms with Crippen LogP contribution in [0.25, 0.3) is 0 Å². The lowest BCUT2D eigenvalue weighted by atomic mass is 9.84. The second-order valence-electron chi connectivity index (χ2n) is 9.89. The maximum atomic E-state index is 13.8. The summed E-state index contributed by atoms with van der Waals surface area (Å²) in [5, 5.41) is 1.69. The molecule has 2 aromatic heterocycles. The molecule has 4 heterocycles. The van der Waals surface area contributed by atoms with Gasteiger partial charge in [-0.2, -0.15) is 13.2 Å². The van der Waals surface area contributed by atoms with Gasteiger partial charge < -0.3 is 5.32 Å². The molecule has 2 aliphatic heterocycles. The quantitative estimate of drug-likeness (QED) is 0.317. The van der Waals surface area contributed by atoms with E-state index < -0.39 is 63.7 Å². The van der Waals surface area contributed by atoms with Crippen LogP contribution in [0, 0.1) is 12.8 Å². The summed E-state index contributed by atoms with van der Waals surface area (Å²) in [5.41, 5.74) is 0.564. The van der Waals surface area contributed by atoms with Crippen molar-refractivity contribution in [3.05, 3.63) is 104 Å². The molecule has 1 fully saturated rings. The number of rotatable bonds is 5. The number of hydrogen-bond acceptors (Lipinski definition) is 7. The van der Waals surface area contributed by atoms with E-state index >= 15 is 0 Å². The minimum absolute atomic E-state index is 0.325. The van der Waals surface area contributed by atoms with E-state index in [2.05, 4.69) is 10.3 Å². The summed E-state index contributed by atoms with van der Waals surface area (Å²) in [4.78, 5) is 59.1. The van der Waals surface area contributed by atoms with Gasteiger partial charge in [-0.3, -0.25) is 28.7 Å². The number of benzene rings is 2. The maximum absolute atomic E-state index is 13.8. The van der Waals surface area contributed by atoms with E-state index in [0.717, 1.165) is 50.3 Å². The monoisotopic (exact) mass is 610 g/mol. The number of aryl methyl sites for hydroxylation is 1. The standard InChI is InChI=1S/C29H21F3N4O4S2/c1-15-8-10-17(11-9-15)36-25(38)22-21(16-5-4-12-33-13-16)24-27(41-23(22)26(36)39)35(28(40)42-24)14-20(37)34-19-7-3-2-6-18(19)29(30,31)32/h2-13,21-23H,14H2,1H3,(H,34,37)/t21-,22-,23+/m0/s1. The average molecular weight is 611 g/mol. The van der Waals surface area contributed by atoms with Gasteiger partial charge >= 0.3 is 11.0 Å². The topological polar surface area (TPSA) is 101 Å². The minimum Gasteiger partial charge on any atom is -0.324 e. The highest BCUT2D eigenvalue weighted by atomic mass is 32.2. The number of imide groups is 1. The Morgan fingerprint density at radius 2 is 1.74 bits per heavy atom. The molecule has 1 N–H and O–H groups in total. The summed E-state index contributed by atoms with van der Waals surface area (Å²) in [6.07, 6.45) is -1.55. The number of nitrogens with zero attached hydrogens (tertiary/aromatic N) is 3. The normalized spacial score (nSPS) is 19.9. The van der Waals surface area contributed by atoms with Gasteiger partial charge in [-0.05, 0) is 42.8 Å². The molecule has 0 bridgehead atoms. The van der Waals surface area contributed by atoms with Crippen molar-refractivity contribution in [3.63, 3.8) is 0 Å². The van der Waals surface area contributed by atoms with E-state index in [0.29, 0.717) is 21.2 Å². The number of carbonyl (C=O) groups excluding carboxylic acids is 3. The van der Waals surface area contributed by atoms with Crippen LogP contribution in [0.3, 0.4) is 0 Å². The molecule has 214 valence electrons. The summed E-state index contributed by atoms with van der Waals surface area (Å²) in [6, 6.07) is 15.0. The molecule has 42 heavy (non-hydrogen) atoms. The van der Waals surface area contributed by atoms with Gasteiger partial charge in [-0.1, -0.05) is 59.0 Å². The summed E-state index contributed by atoms with van der Waals surface area (Å²) < 4.78 is 41.5. The number of carbonyl (C=O) groups is 3. The highest BCUT2D eigenvalue weighted by Gasteiger charge is 2.57. The molecular weight excluding hydrogens is 589 g/mol. The highest BCUT2D eigenvalue weighted by molar-refractivity contribution is 8.00. The van der Waals surface area contributed by atoms with Gasteiger partial charge in [-0.25, -0.2) is 4.90 Å². The van der Waals surface area contributed by atoms with Crippen molar-refractivity contribution >= 4 is 52.2 Å². The first-order valence-electron chi connectivity index (χ1n) is 12.7. The number of nitrogens with one attached hydrogen (secondary N) is 1. The van der Waals surface area contributed by atoms with Crippen LogP contribution in [0.15, 0.2) is 82.9 Å². The molecule has 0 spiro atoms. The molecule has 1 saturated heterocycles. The van der Waals surface area contributed by atoms with E-state index in [-0.39, 0.29) is 0 Å². The molecule has 8 nitrogen and oxygen atoms in total. The Balaban J connectivity index is 1.38. The predicted molar refractivity (Wildman–Crippen MR) is 152 cm³/mol. The second-order valence-corrected chi connectivity index (χ2v) is 12.0. The summed E-state index contributed by atoms with van der Waals surface area (Å²) in [7, 11) is 0. The van der Waals surface area contributed by atoms with Crippen molar-refractivity contribution in [1.82, 2.24) is 9.55 Å². The van der Waals surface area contributed by atoms with Crippen LogP contribution >= 0.6 is 23.1 Å². The van der Waals surface area contributed by atoms with E-state index in [1.165, 1.54) is 12.1 Å². The molecule has 0 unspecified atom stereocenters. The van der Waals surface area contributed by atoms with Gasteiger partial charge in [0.15, 0.2) is 0 Å². The van der Waals surface area contributed by atoms with Crippen LogP contribution in [0.4, 0.5) is 24.5 Å². The van der Waals surface area contributed by atoms with Crippen LogP contribution in [-0.4, -0.2) is 32.5 Å². The number of pyridine rings is 1. The third-order valence-corrected chi connectivity index (χ3v) is 9.80. The molecule has 0 radical (unpaired) electrons. The molecule has 4 aromatic rings. The Kier molecular flexibility index (Phi) is 7.01. The molecular formula is C29H21F3N4O4S2. The fourth-order valence-electron chi connectivity index (χ4n) is 5.30. The lowest BCUT2D eigenvalue weighted by Gasteiger charge is -2.30. The van der Waals surface area contributed by atoms with Crippen molar-refractivity contribution in [3.8, 4) is 0 Å². The predicted octanol–water partition coefficient (Wildman–Crippen LogP) is 5.07. The number of amides is 3. The van der Waals surface area contributed by atoms with E-state index in [9.17, 15) is 32.3 Å². The molecule has 6 rings (SSSR count). The molecule has 3 atom stereocenters. The zero-order chi connectivity index (χ0) is 29.8. The van der Waals surface area contributed by atoms with Crippen molar-refractivity contribution in [2.45, 2.75) is 35.8 Å². The first-order chi connectivity index (χ1) is 20.0. The zero-order valence-electron chi connectivity index (χ0n) is 21.8. The van der Waals surface area contributed by atoms with Gasteiger partial charge in [0, 0.05) is 23.2 Å². The molecule has 2 aliphatic rings. The van der Waals surface area contributed by atoms with Gasteiger partial charge in [0.25, 0.3) is 0 Å². The SMILES string of the molecule is Cc1ccc(N2C(=O)[C@H]3[C@H](c4cccnc4)c4sc(=O)n(CC(=O)Nc5ccccc5C(F)(F)F)c4S[C@H]3C2=O)cc1. The number of para-hydroxylation sites is 1. The van der Waals surface area contributed by atoms with Gasteiger partial charge in [0.1, 0.15) is 11.8 Å². The summed E-state index contributed by atoms with van der Waals surface area (Å²) in [6.45, 7) is 1.31. The van der Waals surface area contributed by atoms with Crippen molar-refractivity contribution in [2.24, 2.45) is 5.92 Å². The lowest BCUT2D eigenvalue weighted by molar-refractivity contribution is -0.137. The Hall–Kier alpha value is -4.23. The van der Waals surface area contributed by atoms with Crippen molar-refractivity contribution < 1.29 is 27.6 Å². The maximum Gasteiger partial charge on any atom is 0.418 e. The Morgan fingerprint density at radius 3 is 2.43 bits per heavy atom. The van der Waals surface area contributed by atoms with E-state index in [1.807, 2.05) is 6.92 Å². The largest absolute Gasteiger partial charge is 0.418 e. The van der Waals surface area contributed by atoms with Gasteiger partial charge in [-0.15, -0.1) is 0 Å². The van der Waals surface area contributed by atoms with Crippen molar-refractivity contribution in [2.75, 3.05) is 10.2 Å². The van der Waals surface area contributed by atoms with E-state index in [4.69, 9.17) is 0 Å². The average Bonchev–Trinajstić information content (AvgIpc) is 3.40. The summed E-state index contributed by atoms with van der Waals surface area (Å²) in [5.74, 6) is -3.23. The number of alkyl halides is 3. The minimum atomic E-state index is -4.69. The molecule has 0 saturated carbocycles. The second kappa shape index (κ2) is 10.6. The number of halogens is 3. The first kappa shape index (κ1) is 27.9. The van der Waals surface area contributed by atoms with Crippen LogP contribution in [0.5, 0.6) is 0 Å². The number of hydrogen-bond donors (Lipinski definition) is 1. The highest BCUT2D eigenvalue weighted by Crippen LogP contribution is 2.53. The fraction of sp³-hybridized carbons (Fsp3) is 0.207. The third kappa shape index (κ3) is 4.81. The van der Waals surface area contributed by atoms with Gasteiger partial charge in [0.2, 0.25) is 17.7 Å². The molecule has 0 aliphatic carbocycles. The number of thioether (sulfide) groups is 1. The number of anilines is 2. The van der Waals surface area contributed by atoms with Crippen LogP contribution in [0.1, 0.15) is 27.5 Å². The Morgan fingerprint density at radius 1 is 1.00 bits per heavy atom. The smallest absolute Gasteiger partial charge is 0.324 e. The summed E-state index contributed by atoms with van der Waals surface area (Å²) >= 11 is 1.87. The van der Waals surface area contributed by atoms with Crippen LogP contribution < -0.4 is 15.1 Å². The first-order valence-corrected chi connectivity index (χ1v) is 14.4. The lowest BCUT2D eigenvalue weighted by Crippen LogP contribution is -2.33. The fourth-order valence-corrected chi connectivity index (χ4v) is 8.07. The van der Waals surface area contributed by atoms with Gasteiger partial charge in [0.05, 0.1) is 27.9 Å². The third-order valence-electron chi connectivity index (χ3n) is 7.19. The van der Waals surface area contributed by atoms with Crippen LogP contribution in [-0.2, 0) is 27.1 Å². The van der Waals surface area contributed by atoms with E-state index in [1.54, 1.807) is 48.8 Å². The Bertz CT molecular complexity index is 1770. The van der Waals surface area contributed by atoms with Crippen molar-refractivity contribution in [1.29, 1.82) is 0 Å². The zero-order valence-corrected chi connectivity index (χ0v) is 23.4. The van der Waals surface area contributed by atoms with Crippen LogP contribution in [0.2, 0.25) is 0 Å². The Labute approximate surface area is 245 Å². The number of fused-ring (bicyclic) bond motifs is 2. The number of aromatic nitrogens is 2.